The maximum Gasteiger partial charge on any atom is 0.235 e. The predicted octanol–water partition coefficient (Wildman–Crippen LogP) is 2.41. The number of nitrogens with one attached hydrogen (secondary N) is 1. The number of ether oxygens (including phenoxy) is 1. The number of fused-ring (bicyclic) bond motifs is 1. The highest BCUT2D eigenvalue weighted by Crippen LogP contribution is 2.35. The van der Waals surface area contributed by atoms with Crippen LogP contribution in [0.5, 0.6) is 0 Å². The Morgan fingerprint density at radius 2 is 2.08 bits per heavy atom. The van der Waals surface area contributed by atoms with Crippen LogP contribution in [0.4, 0.5) is 0 Å². The first-order chi connectivity index (χ1) is 11.4. The first kappa shape index (κ1) is 18.9. The maximum atomic E-state index is 12.7. The fourth-order valence-electron chi connectivity index (χ4n) is 3.04. The van der Waals surface area contributed by atoms with Crippen LogP contribution in [0, 0.1) is 0 Å². The van der Waals surface area contributed by atoms with Gasteiger partial charge in [0, 0.05) is 13.2 Å². The van der Waals surface area contributed by atoms with Gasteiger partial charge in [-0.1, -0.05) is 24.3 Å². The average Bonchev–Trinajstić information content (AvgIpc) is 2.53. The van der Waals surface area contributed by atoms with Gasteiger partial charge in [0.1, 0.15) is 5.75 Å². The molecule has 5 nitrogen and oxygen atoms in total. The Bertz CT molecular complexity index is 655. The van der Waals surface area contributed by atoms with Crippen LogP contribution in [0.2, 0.25) is 0 Å². The zero-order chi connectivity index (χ0) is 17.6. The Kier molecular flexibility index (Phi) is 6.80. The first-order valence-corrected chi connectivity index (χ1v) is 10.3. The van der Waals surface area contributed by atoms with Gasteiger partial charge in [-0.05, 0) is 50.7 Å². The summed E-state index contributed by atoms with van der Waals surface area (Å²) >= 11 is 0. The zero-order valence-corrected chi connectivity index (χ0v) is 15.3. The molecule has 0 heterocycles. The highest BCUT2D eigenvalue weighted by Gasteiger charge is 2.32. The van der Waals surface area contributed by atoms with E-state index in [1.807, 2.05) is 38.1 Å². The lowest BCUT2D eigenvalue weighted by molar-refractivity contribution is -0.118. The molecule has 1 atom stereocenters. The third kappa shape index (κ3) is 5.31. The summed E-state index contributed by atoms with van der Waals surface area (Å²) in [6, 6.07) is 7.64. The van der Waals surface area contributed by atoms with E-state index in [0.717, 1.165) is 24.0 Å². The molecule has 0 radical (unpaired) electrons. The molecule has 0 saturated carbocycles. The van der Waals surface area contributed by atoms with Crippen molar-refractivity contribution in [2.24, 2.45) is 0 Å². The van der Waals surface area contributed by atoms with Crippen LogP contribution in [-0.2, 0) is 25.8 Å². The van der Waals surface area contributed by atoms with Gasteiger partial charge in [0.15, 0.2) is 9.84 Å². The topological polar surface area (TPSA) is 72.5 Å². The molecule has 1 aliphatic rings. The molecule has 24 heavy (non-hydrogen) atoms. The summed E-state index contributed by atoms with van der Waals surface area (Å²) in [5.41, 5.74) is 1.95. The minimum atomic E-state index is -3.50. The molecule has 0 aliphatic heterocycles. The largest absolute Gasteiger partial charge is 0.379 e. The van der Waals surface area contributed by atoms with E-state index in [2.05, 4.69) is 5.32 Å². The Balaban J connectivity index is 1.89. The van der Waals surface area contributed by atoms with Gasteiger partial charge in [-0.25, -0.2) is 8.42 Å². The van der Waals surface area contributed by atoms with E-state index in [1.54, 1.807) is 0 Å². The second-order valence-electron chi connectivity index (χ2n) is 6.51. The van der Waals surface area contributed by atoms with Crippen LogP contribution in [-0.4, -0.2) is 39.3 Å². The molecule has 1 aliphatic carbocycles. The number of rotatable bonds is 8. The van der Waals surface area contributed by atoms with Crippen molar-refractivity contribution in [3.63, 3.8) is 0 Å². The SMILES string of the molecule is CC(C)OCCCNC(=O)CS(=O)(=O)[C@H]1CCCc2ccccc21. The van der Waals surface area contributed by atoms with Gasteiger partial charge < -0.3 is 10.1 Å². The summed E-state index contributed by atoms with van der Waals surface area (Å²) in [7, 11) is -3.50. The molecule has 0 unspecified atom stereocenters. The van der Waals surface area contributed by atoms with E-state index in [9.17, 15) is 13.2 Å². The molecule has 2 rings (SSSR count). The third-order valence-electron chi connectivity index (χ3n) is 4.17. The molecule has 1 N–H and O–H groups in total. The van der Waals surface area contributed by atoms with Crippen molar-refractivity contribution >= 4 is 15.7 Å². The number of carbonyl (C=O) groups excluding carboxylic acids is 1. The second-order valence-corrected chi connectivity index (χ2v) is 8.69. The lowest BCUT2D eigenvalue weighted by Gasteiger charge is -2.25. The van der Waals surface area contributed by atoms with Crippen molar-refractivity contribution in [2.45, 2.75) is 50.9 Å². The summed E-state index contributed by atoms with van der Waals surface area (Å²) in [6.45, 7) is 4.89. The Hall–Kier alpha value is -1.40. The summed E-state index contributed by atoms with van der Waals surface area (Å²) in [6.07, 6.45) is 3.18. The van der Waals surface area contributed by atoms with Gasteiger partial charge in [-0.15, -0.1) is 0 Å². The van der Waals surface area contributed by atoms with E-state index in [1.165, 1.54) is 0 Å². The number of hydrogen-bond donors (Lipinski definition) is 1. The average molecular weight is 353 g/mol. The predicted molar refractivity (Wildman–Crippen MR) is 94.6 cm³/mol. The molecule has 134 valence electrons. The standard InChI is InChI=1S/C18H27NO4S/c1-14(2)23-12-6-11-19-18(20)13-24(21,22)17-10-5-8-15-7-3-4-9-16(15)17/h3-4,7,9,14,17H,5-6,8,10-13H2,1-2H3,(H,19,20)/t17-/m0/s1. The maximum absolute atomic E-state index is 12.7. The van der Waals surface area contributed by atoms with Crippen molar-refractivity contribution in [2.75, 3.05) is 18.9 Å². The monoisotopic (exact) mass is 353 g/mol. The van der Waals surface area contributed by atoms with Crippen LogP contribution in [0.25, 0.3) is 0 Å². The highest BCUT2D eigenvalue weighted by atomic mass is 32.2. The summed E-state index contributed by atoms with van der Waals surface area (Å²) < 4.78 is 30.7. The molecular formula is C18H27NO4S. The molecule has 6 heteroatoms. The Labute approximate surface area is 144 Å². The van der Waals surface area contributed by atoms with Gasteiger partial charge >= 0.3 is 0 Å². The zero-order valence-electron chi connectivity index (χ0n) is 14.5. The van der Waals surface area contributed by atoms with Gasteiger partial charge in [0.05, 0.1) is 11.4 Å². The van der Waals surface area contributed by atoms with Gasteiger partial charge in [0.2, 0.25) is 5.91 Å². The van der Waals surface area contributed by atoms with E-state index in [4.69, 9.17) is 4.74 Å². The molecule has 1 aromatic rings. The lowest BCUT2D eigenvalue weighted by Crippen LogP contribution is -2.34. The van der Waals surface area contributed by atoms with Crippen molar-refractivity contribution in [1.82, 2.24) is 5.32 Å². The van der Waals surface area contributed by atoms with Crippen molar-refractivity contribution in [3.8, 4) is 0 Å². The van der Waals surface area contributed by atoms with Crippen LogP contribution in [0.15, 0.2) is 24.3 Å². The second kappa shape index (κ2) is 8.62. The fraction of sp³-hybridized carbons (Fsp3) is 0.611. The van der Waals surface area contributed by atoms with E-state index < -0.39 is 26.7 Å². The number of sulfone groups is 1. The van der Waals surface area contributed by atoms with Gasteiger partial charge in [0.25, 0.3) is 0 Å². The van der Waals surface area contributed by atoms with Crippen LogP contribution in [0.3, 0.4) is 0 Å². The highest BCUT2D eigenvalue weighted by molar-refractivity contribution is 7.92. The molecule has 0 saturated heterocycles. The third-order valence-corrected chi connectivity index (χ3v) is 6.20. The molecule has 0 bridgehead atoms. The summed E-state index contributed by atoms with van der Waals surface area (Å²) in [4.78, 5) is 12.0. The lowest BCUT2D eigenvalue weighted by atomic mass is 9.91. The minimum absolute atomic E-state index is 0.160. The quantitative estimate of drug-likeness (QED) is 0.729. The molecule has 1 aromatic carbocycles. The summed E-state index contributed by atoms with van der Waals surface area (Å²) in [5, 5.41) is 2.12. The van der Waals surface area contributed by atoms with Crippen molar-refractivity contribution < 1.29 is 17.9 Å². The fourth-order valence-corrected chi connectivity index (χ4v) is 4.85. The van der Waals surface area contributed by atoms with Crippen LogP contribution in [0.1, 0.15) is 49.5 Å². The van der Waals surface area contributed by atoms with E-state index in [-0.39, 0.29) is 6.10 Å². The molecule has 0 fully saturated rings. The number of hydrogen-bond acceptors (Lipinski definition) is 4. The number of amides is 1. The van der Waals surface area contributed by atoms with E-state index >= 15 is 0 Å². The Morgan fingerprint density at radius 1 is 1.33 bits per heavy atom. The normalized spacial score (nSPS) is 17.5. The minimum Gasteiger partial charge on any atom is -0.379 e. The van der Waals surface area contributed by atoms with Gasteiger partial charge in [-0.2, -0.15) is 0 Å². The molecule has 0 aromatic heterocycles. The van der Waals surface area contributed by atoms with Crippen LogP contribution >= 0.6 is 0 Å². The number of carbonyl (C=O) groups is 1. The van der Waals surface area contributed by atoms with E-state index in [0.29, 0.717) is 26.0 Å². The van der Waals surface area contributed by atoms with Crippen molar-refractivity contribution in [1.29, 1.82) is 0 Å². The first-order valence-electron chi connectivity index (χ1n) is 8.58. The number of benzene rings is 1. The Morgan fingerprint density at radius 3 is 2.83 bits per heavy atom. The van der Waals surface area contributed by atoms with Gasteiger partial charge in [-0.3, -0.25) is 4.79 Å². The molecular weight excluding hydrogens is 326 g/mol. The molecule has 0 spiro atoms. The number of aryl methyl sites for hydroxylation is 1. The van der Waals surface area contributed by atoms with Crippen molar-refractivity contribution in [3.05, 3.63) is 35.4 Å². The van der Waals surface area contributed by atoms with Crippen LogP contribution < -0.4 is 5.32 Å². The molecule has 1 amide bonds. The smallest absolute Gasteiger partial charge is 0.235 e. The summed E-state index contributed by atoms with van der Waals surface area (Å²) in [5.74, 6) is -0.876.